The van der Waals surface area contributed by atoms with E-state index in [-0.39, 0.29) is 5.82 Å². The zero-order valence-electron chi connectivity index (χ0n) is 11.7. The normalized spacial score (nSPS) is 12.8. The molecule has 0 aromatic heterocycles. The molecule has 0 radical (unpaired) electrons. The molecule has 1 N–H and O–H groups in total. The van der Waals surface area contributed by atoms with E-state index in [0.29, 0.717) is 11.3 Å². The Labute approximate surface area is 109 Å². The molecule has 0 spiro atoms. The van der Waals surface area contributed by atoms with Crippen LogP contribution in [0.5, 0.6) is 0 Å². The van der Waals surface area contributed by atoms with E-state index in [2.05, 4.69) is 4.90 Å². The SMILES string of the molecule is CC(O)c1cccc(F)c1N(C)CCCN(C)C. The summed E-state index contributed by atoms with van der Waals surface area (Å²) in [4.78, 5) is 3.98. The highest BCUT2D eigenvalue weighted by Crippen LogP contribution is 2.28. The minimum atomic E-state index is -0.660. The summed E-state index contributed by atoms with van der Waals surface area (Å²) < 4.78 is 13.9. The quantitative estimate of drug-likeness (QED) is 0.843. The lowest BCUT2D eigenvalue weighted by atomic mass is 10.1. The number of hydrogen-bond acceptors (Lipinski definition) is 3. The third kappa shape index (κ3) is 3.96. The number of aliphatic hydroxyl groups is 1. The molecule has 102 valence electrons. The smallest absolute Gasteiger partial charge is 0.146 e. The molecule has 0 saturated heterocycles. The number of nitrogens with zero attached hydrogens (tertiary/aromatic N) is 2. The molecule has 0 fully saturated rings. The third-order valence-electron chi connectivity index (χ3n) is 2.95. The number of aliphatic hydroxyl groups excluding tert-OH is 1. The van der Waals surface area contributed by atoms with Crippen LogP contribution in [0.3, 0.4) is 0 Å². The molecule has 0 aliphatic rings. The largest absolute Gasteiger partial charge is 0.389 e. The molecule has 1 aromatic rings. The zero-order valence-corrected chi connectivity index (χ0v) is 11.7. The van der Waals surface area contributed by atoms with Crippen LogP contribution in [0.25, 0.3) is 0 Å². The van der Waals surface area contributed by atoms with Crippen molar-refractivity contribution in [3.63, 3.8) is 0 Å². The van der Waals surface area contributed by atoms with Gasteiger partial charge in [0.05, 0.1) is 11.8 Å². The lowest BCUT2D eigenvalue weighted by Gasteiger charge is -2.24. The van der Waals surface area contributed by atoms with Crippen molar-refractivity contribution in [2.45, 2.75) is 19.4 Å². The van der Waals surface area contributed by atoms with E-state index in [1.54, 1.807) is 19.1 Å². The van der Waals surface area contributed by atoms with Gasteiger partial charge in [0.2, 0.25) is 0 Å². The van der Waals surface area contributed by atoms with E-state index < -0.39 is 6.10 Å². The van der Waals surface area contributed by atoms with E-state index >= 15 is 0 Å². The van der Waals surface area contributed by atoms with Crippen LogP contribution in [0.1, 0.15) is 25.0 Å². The van der Waals surface area contributed by atoms with Crippen LogP contribution in [0.2, 0.25) is 0 Å². The number of hydrogen-bond donors (Lipinski definition) is 1. The Balaban J connectivity index is 2.80. The van der Waals surface area contributed by atoms with Gasteiger partial charge in [0.25, 0.3) is 0 Å². The predicted molar refractivity (Wildman–Crippen MR) is 73.5 cm³/mol. The summed E-state index contributed by atoms with van der Waals surface area (Å²) in [5.41, 5.74) is 1.15. The van der Waals surface area contributed by atoms with Crippen LogP contribution in [-0.4, -0.2) is 44.2 Å². The second-order valence-electron chi connectivity index (χ2n) is 4.93. The van der Waals surface area contributed by atoms with E-state index in [9.17, 15) is 9.50 Å². The summed E-state index contributed by atoms with van der Waals surface area (Å²) in [6.07, 6.45) is 0.295. The molecule has 1 rings (SSSR count). The van der Waals surface area contributed by atoms with E-state index in [0.717, 1.165) is 19.5 Å². The van der Waals surface area contributed by atoms with Crippen molar-refractivity contribution < 1.29 is 9.50 Å². The fraction of sp³-hybridized carbons (Fsp3) is 0.571. The molecule has 18 heavy (non-hydrogen) atoms. The Hall–Kier alpha value is -1.13. The van der Waals surface area contributed by atoms with Gasteiger partial charge < -0.3 is 14.9 Å². The molecule has 0 amide bonds. The molecule has 3 nitrogen and oxygen atoms in total. The first-order valence-corrected chi connectivity index (χ1v) is 6.25. The van der Waals surface area contributed by atoms with Gasteiger partial charge in [-0.25, -0.2) is 4.39 Å². The van der Waals surface area contributed by atoms with Gasteiger partial charge in [0.15, 0.2) is 0 Å². The van der Waals surface area contributed by atoms with Gasteiger partial charge in [-0.05, 0) is 40.1 Å². The second kappa shape index (κ2) is 6.71. The highest BCUT2D eigenvalue weighted by molar-refractivity contribution is 5.55. The van der Waals surface area contributed by atoms with Crippen molar-refractivity contribution in [1.82, 2.24) is 4.90 Å². The van der Waals surface area contributed by atoms with Gasteiger partial charge >= 0.3 is 0 Å². The predicted octanol–water partition coefficient (Wildman–Crippen LogP) is 2.27. The van der Waals surface area contributed by atoms with Gasteiger partial charge in [-0.15, -0.1) is 0 Å². The van der Waals surface area contributed by atoms with E-state index in [1.165, 1.54) is 6.07 Å². The van der Waals surface area contributed by atoms with Gasteiger partial charge in [-0.1, -0.05) is 12.1 Å². The Kier molecular flexibility index (Phi) is 5.56. The van der Waals surface area contributed by atoms with Crippen molar-refractivity contribution in [2.24, 2.45) is 0 Å². The fourth-order valence-electron chi connectivity index (χ4n) is 2.01. The number of rotatable bonds is 6. The average Bonchev–Trinajstić information content (AvgIpc) is 2.27. The van der Waals surface area contributed by atoms with Crippen LogP contribution in [0.4, 0.5) is 10.1 Å². The number of anilines is 1. The van der Waals surface area contributed by atoms with Crippen LogP contribution >= 0.6 is 0 Å². The topological polar surface area (TPSA) is 26.7 Å². The van der Waals surface area contributed by atoms with Gasteiger partial charge in [0.1, 0.15) is 5.82 Å². The molecule has 0 aliphatic heterocycles. The molecule has 1 unspecified atom stereocenters. The van der Waals surface area contributed by atoms with Gasteiger partial charge in [-0.2, -0.15) is 0 Å². The first-order chi connectivity index (χ1) is 8.43. The maximum Gasteiger partial charge on any atom is 0.146 e. The molecule has 1 atom stereocenters. The van der Waals surface area contributed by atoms with E-state index in [1.807, 2.05) is 26.0 Å². The highest BCUT2D eigenvalue weighted by Gasteiger charge is 2.15. The molecule has 0 saturated carbocycles. The van der Waals surface area contributed by atoms with Crippen molar-refractivity contribution >= 4 is 5.69 Å². The molecule has 0 heterocycles. The summed E-state index contributed by atoms with van der Waals surface area (Å²) in [5.74, 6) is -0.277. The third-order valence-corrected chi connectivity index (χ3v) is 2.95. The first-order valence-electron chi connectivity index (χ1n) is 6.25. The summed E-state index contributed by atoms with van der Waals surface area (Å²) >= 11 is 0. The molecule has 1 aromatic carbocycles. The summed E-state index contributed by atoms with van der Waals surface area (Å²) in [6, 6.07) is 4.84. The van der Waals surface area contributed by atoms with Gasteiger partial charge in [-0.3, -0.25) is 0 Å². The van der Waals surface area contributed by atoms with Gasteiger partial charge in [0, 0.05) is 19.2 Å². The molecular formula is C14H23FN2O. The summed E-state index contributed by atoms with van der Waals surface area (Å²) in [6.45, 7) is 3.38. The standard InChI is InChI=1S/C14H23FN2O/c1-11(18)12-7-5-8-13(15)14(12)17(4)10-6-9-16(2)3/h5,7-8,11,18H,6,9-10H2,1-4H3. The number of para-hydroxylation sites is 1. The van der Waals surface area contributed by atoms with Crippen molar-refractivity contribution in [1.29, 1.82) is 0 Å². The Morgan fingerprint density at radius 2 is 1.89 bits per heavy atom. The maximum absolute atomic E-state index is 13.9. The van der Waals surface area contributed by atoms with Crippen molar-refractivity contribution in [3.05, 3.63) is 29.6 Å². The Morgan fingerprint density at radius 3 is 2.44 bits per heavy atom. The van der Waals surface area contributed by atoms with Crippen LogP contribution < -0.4 is 4.90 Å². The lowest BCUT2D eigenvalue weighted by Crippen LogP contribution is -2.25. The van der Waals surface area contributed by atoms with Crippen molar-refractivity contribution in [3.8, 4) is 0 Å². The molecule has 4 heteroatoms. The fourth-order valence-corrected chi connectivity index (χ4v) is 2.01. The summed E-state index contributed by atoms with van der Waals surface area (Å²) in [7, 11) is 5.90. The van der Waals surface area contributed by atoms with Crippen LogP contribution in [0, 0.1) is 5.82 Å². The van der Waals surface area contributed by atoms with Crippen LogP contribution in [0.15, 0.2) is 18.2 Å². The number of benzene rings is 1. The lowest BCUT2D eigenvalue weighted by molar-refractivity contribution is 0.199. The average molecular weight is 254 g/mol. The maximum atomic E-state index is 13.9. The first kappa shape index (κ1) is 14.9. The molecular weight excluding hydrogens is 231 g/mol. The minimum absolute atomic E-state index is 0.277. The zero-order chi connectivity index (χ0) is 13.7. The molecule has 0 bridgehead atoms. The van der Waals surface area contributed by atoms with Crippen LogP contribution in [-0.2, 0) is 0 Å². The van der Waals surface area contributed by atoms with Crippen molar-refractivity contribution in [2.75, 3.05) is 39.1 Å². The summed E-state index contributed by atoms with van der Waals surface area (Å²) in [5, 5.41) is 9.69. The number of halogens is 1. The second-order valence-corrected chi connectivity index (χ2v) is 4.93. The van der Waals surface area contributed by atoms with E-state index in [4.69, 9.17) is 0 Å². The Bertz CT molecular complexity index is 380. The highest BCUT2D eigenvalue weighted by atomic mass is 19.1. The monoisotopic (exact) mass is 254 g/mol. The molecule has 0 aliphatic carbocycles. The minimum Gasteiger partial charge on any atom is -0.389 e. The Morgan fingerprint density at radius 1 is 1.22 bits per heavy atom.